The Morgan fingerprint density at radius 2 is 1.34 bits per heavy atom. The summed E-state index contributed by atoms with van der Waals surface area (Å²) in [6.07, 6.45) is 7.36. The summed E-state index contributed by atoms with van der Waals surface area (Å²) in [6.45, 7) is 0. The third-order valence-corrected chi connectivity index (χ3v) is 6.16. The minimum atomic E-state index is -6.09. The Morgan fingerprint density at radius 1 is 0.829 bits per heavy atom. The van der Waals surface area contributed by atoms with Gasteiger partial charge >= 0.3 is 5.51 Å². The Kier molecular flexibility index (Phi) is 7.95. The third kappa shape index (κ3) is 5.81. The summed E-state index contributed by atoms with van der Waals surface area (Å²) >= 11 is 0. The number of aryl methyl sites for hydroxylation is 1. The minimum Gasteiger partial charge on any atom is -0.741 e. The van der Waals surface area contributed by atoms with Gasteiger partial charge in [-0.05, 0) is 18.2 Å². The van der Waals surface area contributed by atoms with Crippen LogP contribution in [-0.4, -0.2) is 44.9 Å². The van der Waals surface area contributed by atoms with Crippen LogP contribution in [0.1, 0.15) is 22.5 Å². The predicted molar refractivity (Wildman–Crippen MR) is 137 cm³/mol. The fourth-order valence-corrected chi connectivity index (χ4v) is 3.87. The number of hydrogen-bond acceptors (Lipinski definition) is 10. The molecule has 204 valence electrons. The van der Waals surface area contributed by atoms with E-state index in [0.29, 0.717) is 51.0 Å². The van der Waals surface area contributed by atoms with Crippen molar-refractivity contribution in [1.29, 1.82) is 10.5 Å². The van der Waals surface area contributed by atoms with E-state index in [9.17, 15) is 23.7 Å². The number of benzene rings is 1. The van der Waals surface area contributed by atoms with Gasteiger partial charge in [0, 0.05) is 29.5 Å². The van der Waals surface area contributed by atoms with Crippen molar-refractivity contribution in [2.24, 2.45) is 17.0 Å². The van der Waals surface area contributed by atoms with E-state index in [1.165, 1.54) is 0 Å². The van der Waals surface area contributed by atoms with Crippen molar-refractivity contribution >= 4 is 21.5 Å². The molecule has 1 aliphatic carbocycles. The van der Waals surface area contributed by atoms with Crippen LogP contribution >= 0.6 is 0 Å². The smallest absolute Gasteiger partial charge is 0.485 e. The van der Waals surface area contributed by atoms with Crippen molar-refractivity contribution in [3.63, 3.8) is 0 Å². The molecular formula is C26H15F3N8O3S. The maximum Gasteiger partial charge on any atom is 0.485 e. The van der Waals surface area contributed by atoms with E-state index in [2.05, 4.69) is 15.0 Å². The van der Waals surface area contributed by atoms with Gasteiger partial charge in [0.1, 0.15) is 35.6 Å². The largest absolute Gasteiger partial charge is 0.741 e. The fraction of sp³-hybridized carbons (Fsp3) is 0.0769. The Hall–Kier alpha value is -5.38. The zero-order valence-electron chi connectivity index (χ0n) is 20.8. The molecule has 1 aliphatic rings. The molecule has 0 unspecified atom stereocenters. The number of aliphatic imine (C=N–C) groups is 2. The van der Waals surface area contributed by atoms with Crippen molar-refractivity contribution in [3.8, 4) is 35.2 Å². The van der Waals surface area contributed by atoms with E-state index < -0.39 is 15.6 Å². The lowest BCUT2D eigenvalue weighted by Crippen LogP contribution is -2.32. The predicted octanol–water partition coefficient (Wildman–Crippen LogP) is 3.03. The lowest BCUT2D eigenvalue weighted by molar-refractivity contribution is -0.660. The molecule has 0 spiro atoms. The summed E-state index contributed by atoms with van der Waals surface area (Å²) < 4.78 is 60.8. The average molecular weight is 577 g/mol. The van der Waals surface area contributed by atoms with Crippen LogP contribution in [0.5, 0.6) is 0 Å². The van der Waals surface area contributed by atoms with Gasteiger partial charge in [0.05, 0.1) is 5.69 Å². The number of aromatic nitrogens is 4. The molecule has 4 aromatic rings. The first kappa shape index (κ1) is 28.6. The van der Waals surface area contributed by atoms with E-state index >= 15 is 0 Å². The van der Waals surface area contributed by atoms with Crippen LogP contribution in [0.25, 0.3) is 22.8 Å². The van der Waals surface area contributed by atoms with Crippen molar-refractivity contribution in [1.82, 2.24) is 15.0 Å². The highest BCUT2D eigenvalue weighted by molar-refractivity contribution is 7.86. The summed E-state index contributed by atoms with van der Waals surface area (Å²) in [5.41, 5.74) is -0.211. The van der Waals surface area contributed by atoms with E-state index in [4.69, 9.17) is 22.9 Å². The highest BCUT2D eigenvalue weighted by Crippen LogP contribution is 2.32. The number of nitrogens with zero attached hydrogens (tertiary/aromatic N) is 8. The molecular weight excluding hydrogens is 561 g/mol. The van der Waals surface area contributed by atoms with Gasteiger partial charge < -0.3 is 4.55 Å². The van der Waals surface area contributed by atoms with Crippen LogP contribution in [0.4, 0.5) is 13.2 Å². The third-order valence-electron chi connectivity index (χ3n) is 5.59. The van der Waals surface area contributed by atoms with Gasteiger partial charge in [-0.3, -0.25) is 4.98 Å². The Balaban J connectivity index is 0.000000426. The lowest BCUT2D eigenvalue weighted by atomic mass is 9.88. The second kappa shape index (κ2) is 11.4. The summed E-state index contributed by atoms with van der Waals surface area (Å²) in [5, 5.41) is 18.8. The first-order valence-corrected chi connectivity index (χ1v) is 12.7. The number of alkyl halides is 3. The second-order valence-electron chi connectivity index (χ2n) is 8.10. The maximum atomic E-state index is 10.7. The normalized spacial score (nSPS) is 14.2. The Labute approximate surface area is 231 Å². The van der Waals surface area contributed by atoms with Gasteiger partial charge in [-0.1, -0.05) is 30.3 Å². The molecule has 3 aromatic heterocycles. The number of rotatable bonds is 2. The molecule has 0 atom stereocenters. The summed E-state index contributed by atoms with van der Waals surface area (Å²) in [7, 11) is -4.17. The van der Waals surface area contributed by atoms with Crippen LogP contribution in [0, 0.1) is 22.9 Å². The zero-order valence-corrected chi connectivity index (χ0v) is 21.6. The number of hydrogen-bond donors (Lipinski definition) is 0. The summed E-state index contributed by atoms with van der Waals surface area (Å²) in [6, 6.07) is 18.7. The van der Waals surface area contributed by atoms with Gasteiger partial charge in [0.2, 0.25) is 18.1 Å². The number of nitriles is 2. The quantitative estimate of drug-likeness (QED) is 0.133. The first-order valence-electron chi connectivity index (χ1n) is 11.3. The van der Waals surface area contributed by atoms with Crippen molar-refractivity contribution < 1.29 is 30.7 Å². The monoisotopic (exact) mass is 576 g/mol. The minimum absolute atomic E-state index is 0.382. The molecule has 0 N–H and O–H groups in total. The highest BCUT2D eigenvalue weighted by Gasteiger charge is 2.37. The van der Waals surface area contributed by atoms with Gasteiger partial charge in [-0.25, -0.2) is 18.4 Å². The molecule has 5 rings (SSSR count). The number of fused-ring (bicyclic) bond motifs is 2. The Bertz CT molecular complexity index is 1900. The molecule has 0 bridgehead atoms. The summed E-state index contributed by atoms with van der Waals surface area (Å²) in [5.74, 6) is 0. The Morgan fingerprint density at radius 3 is 1.80 bits per heavy atom. The van der Waals surface area contributed by atoms with Crippen molar-refractivity contribution in [2.45, 2.75) is 5.51 Å². The van der Waals surface area contributed by atoms with Gasteiger partial charge in [-0.2, -0.15) is 38.2 Å². The second-order valence-corrected chi connectivity index (χ2v) is 9.47. The molecule has 11 nitrogen and oxygen atoms in total. The van der Waals surface area contributed by atoms with E-state index in [1.54, 1.807) is 6.20 Å². The molecule has 0 aliphatic heterocycles. The van der Waals surface area contributed by atoms with Crippen LogP contribution in [0.3, 0.4) is 0 Å². The number of pyridine rings is 2. The van der Waals surface area contributed by atoms with Gasteiger partial charge in [0.15, 0.2) is 22.0 Å². The van der Waals surface area contributed by atoms with Crippen LogP contribution < -0.4 is 4.57 Å². The van der Waals surface area contributed by atoms with Crippen LogP contribution in [0.2, 0.25) is 0 Å². The molecule has 41 heavy (non-hydrogen) atoms. The molecule has 0 saturated heterocycles. The standard InChI is InChI=1S/C25H15N8.CHF3O3S/c1-33-13-7-5-11-19(33)23-22(18-10-4-6-12-28-18)31-24-20(29-14-26)16-8-2-3-9-17(16)21(30-15-27)25(24)32-23;2-1(3,4)8(5,6)7/h2-13H,1H3;(H,5,6,7)/q+1;/p-1. The topological polar surface area (TPSA) is 172 Å². The SMILES string of the molecule is C[n+]1ccccc1-c1nc2c(nc1-c1ccccn1)C(=NC#N)c1ccccc1C2=NC#N.O=S(=O)([O-])C(F)(F)F. The van der Waals surface area contributed by atoms with E-state index in [-0.39, 0.29) is 0 Å². The zero-order chi connectivity index (χ0) is 29.8. The molecule has 0 radical (unpaired) electrons. The van der Waals surface area contributed by atoms with Gasteiger partial charge in [-0.15, -0.1) is 0 Å². The molecule has 15 heteroatoms. The molecule has 0 fully saturated rings. The summed E-state index contributed by atoms with van der Waals surface area (Å²) in [4.78, 5) is 22.5. The number of halogens is 3. The van der Waals surface area contributed by atoms with E-state index in [0.717, 1.165) is 5.69 Å². The average Bonchev–Trinajstić information content (AvgIpc) is 2.94. The maximum absolute atomic E-state index is 10.7. The first-order chi connectivity index (χ1) is 19.5. The molecule has 1 aromatic carbocycles. The lowest BCUT2D eigenvalue weighted by Gasteiger charge is -2.21. The fourth-order valence-electron chi connectivity index (χ4n) is 3.87. The molecule has 0 saturated carbocycles. The van der Waals surface area contributed by atoms with Crippen LogP contribution in [0.15, 0.2) is 83.0 Å². The molecule has 3 heterocycles. The van der Waals surface area contributed by atoms with Crippen molar-refractivity contribution in [3.05, 3.63) is 95.6 Å². The van der Waals surface area contributed by atoms with E-state index in [1.807, 2.05) is 90.9 Å². The van der Waals surface area contributed by atoms with Crippen molar-refractivity contribution in [2.75, 3.05) is 0 Å². The van der Waals surface area contributed by atoms with Crippen LogP contribution in [-0.2, 0) is 17.2 Å². The highest BCUT2D eigenvalue weighted by atomic mass is 32.2. The molecule has 0 amide bonds. The van der Waals surface area contributed by atoms with Gasteiger partial charge in [0.25, 0.3) is 0 Å².